The minimum absolute atomic E-state index is 0.956. The number of hydrogen-bond acceptors (Lipinski definition) is 5. The van der Waals surface area contributed by atoms with Gasteiger partial charge in [0.15, 0.2) is 0 Å². The molecule has 1 aromatic carbocycles. The third-order valence-corrected chi connectivity index (χ3v) is 3.15. The molecule has 1 aromatic heterocycles. The SMILES string of the molecule is SSc1cccc2snnc12. The van der Waals surface area contributed by atoms with Crippen LogP contribution < -0.4 is 0 Å². The molecule has 0 aliphatic carbocycles. The first-order valence-corrected chi connectivity index (χ1v) is 5.58. The highest BCUT2D eigenvalue weighted by atomic mass is 33.1. The predicted molar refractivity (Wildman–Crippen MR) is 52.3 cm³/mol. The molecule has 2 rings (SSSR count). The van der Waals surface area contributed by atoms with E-state index < -0.39 is 0 Å². The van der Waals surface area contributed by atoms with Crippen molar-refractivity contribution in [2.24, 2.45) is 0 Å². The smallest absolute Gasteiger partial charge is 0.120 e. The highest BCUT2D eigenvalue weighted by Gasteiger charge is 2.02. The van der Waals surface area contributed by atoms with E-state index in [-0.39, 0.29) is 0 Å². The summed E-state index contributed by atoms with van der Waals surface area (Å²) in [4.78, 5) is 1.07. The maximum absolute atomic E-state index is 4.11. The molecule has 11 heavy (non-hydrogen) atoms. The average Bonchev–Trinajstić information content (AvgIpc) is 2.50. The molecule has 0 atom stereocenters. The summed E-state index contributed by atoms with van der Waals surface area (Å²) in [6, 6.07) is 5.98. The van der Waals surface area contributed by atoms with Crippen molar-refractivity contribution in [2.75, 3.05) is 0 Å². The molecular formula is C6H4N2S3. The van der Waals surface area contributed by atoms with Crippen LogP contribution in [0.5, 0.6) is 0 Å². The highest BCUT2D eigenvalue weighted by Crippen LogP contribution is 2.29. The van der Waals surface area contributed by atoms with Crippen LogP contribution in [0.1, 0.15) is 0 Å². The van der Waals surface area contributed by atoms with Crippen LogP contribution in [0.15, 0.2) is 23.1 Å². The van der Waals surface area contributed by atoms with E-state index in [0.29, 0.717) is 0 Å². The van der Waals surface area contributed by atoms with Crippen LogP contribution in [0.25, 0.3) is 10.2 Å². The molecule has 0 radical (unpaired) electrons. The van der Waals surface area contributed by atoms with E-state index in [2.05, 4.69) is 21.2 Å². The monoisotopic (exact) mass is 200 g/mol. The summed E-state index contributed by atoms with van der Waals surface area (Å²) in [5.74, 6) is 0. The largest absolute Gasteiger partial charge is 0.137 e. The molecular weight excluding hydrogens is 196 g/mol. The van der Waals surface area contributed by atoms with Crippen molar-refractivity contribution in [3.05, 3.63) is 18.2 Å². The minimum atomic E-state index is 0.956. The molecule has 5 heteroatoms. The summed E-state index contributed by atoms with van der Waals surface area (Å²) in [7, 11) is 1.40. The first kappa shape index (κ1) is 7.39. The fraction of sp³-hybridized carbons (Fsp3) is 0. The Balaban J connectivity index is 2.79. The molecule has 56 valence electrons. The van der Waals surface area contributed by atoms with Gasteiger partial charge in [0.05, 0.1) is 4.70 Å². The van der Waals surface area contributed by atoms with E-state index in [0.717, 1.165) is 15.1 Å². The number of rotatable bonds is 1. The van der Waals surface area contributed by atoms with E-state index in [1.54, 1.807) is 0 Å². The van der Waals surface area contributed by atoms with Crippen LogP contribution >= 0.6 is 34.0 Å². The van der Waals surface area contributed by atoms with Crippen LogP contribution in [-0.2, 0) is 0 Å². The normalized spacial score (nSPS) is 10.6. The van der Waals surface area contributed by atoms with Crippen LogP contribution in [0.4, 0.5) is 0 Å². The van der Waals surface area contributed by atoms with Gasteiger partial charge in [0.25, 0.3) is 0 Å². The third kappa shape index (κ3) is 1.23. The van der Waals surface area contributed by atoms with Gasteiger partial charge in [-0.1, -0.05) is 21.3 Å². The number of benzene rings is 1. The Morgan fingerprint density at radius 3 is 3.18 bits per heavy atom. The van der Waals surface area contributed by atoms with Gasteiger partial charge in [-0.2, -0.15) is 0 Å². The molecule has 0 spiro atoms. The highest BCUT2D eigenvalue weighted by molar-refractivity contribution is 8.68. The molecule has 0 saturated carbocycles. The van der Waals surface area contributed by atoms with Gasteiger partial charge in [0, 0.05) is 4.90 Å². The van der Waals surface area contributed by atoms with Gasteiger partial charge >= 0.3 is 0 Å². The second-order valence-electron chi connectivity index (χ2n) is 1.97. The van der Waals surface area contributed by atoms with Gasteiger partial charge in [0.2, 0.25) is 0 Å². The van der Waals surface area contributed by atoms with Crippen molar-refractivity contribution in [1.82, 2.24) is 9.59 Å². The van der Waals surface area contributed by atoms with Crippen LogP contribution in [0, 0.1) is 0 Å². The topological polar surface area (TPSA) is 25.8 Å². The zero-order valence-electron chi connectivity index (χ0n) is 5.39. The van der Waals surface area contributed by atoms with E-state index in [1.807, 2.05) is 18.2 Å². The Labute approximate surface area is 77.0 Å². The Bertz CT molecular complexity index is 371. The van der Waals surface area contributed by atoms with Gasteiger partial charge in [-0.25, -0.2) is 0 Å². The predicted octanol–water partition coefficient (Wildman–Crippen LogP) is 2.63. The zero-order chi connectivity index (χ0) is 7.68. The zero-order valence-corrected chi connectivity index (χ0v) is 7.92. The molecule has 2 nitrogen and oxygen atoms in total. The number of hydrogen-bond donors (Lipinski definition) is 1. The minimum Gasteiger partial charge on any atom is -0.137 e. The third-order valence-electron chi connectivity index (χ3n) is 1.34. The maximum Gasteiger partial charge on any atom is 0.120 e. The Morgan fingerprint density at radius 2 is 2.36 bits per heavy atom. The van der Waals surface area contributed by atoms with Crippen molar-refractivity contribution in [3.8, 4) is 0 Å². The number of thiol groups is 1. The molecule has 0 saturated heterocycles. The number of fused-ring (bicyclic) bond motifs is 1. The Morgan fingerprint density at radius 1 is 1.45 bits per heavy atom. The lowest BCUT2D eigenvalue weighted by molar-refractivity contribution is 1.18. The fourth-order valence-electron chi connectivity index (χ4n) is 0.853. The summed E-state index contributed by atoms with van der Waals surface area (Å²) < 4.78 is 4.97. The fourth-order valence-corrected chi connectivity index (χ4v) is 2.32. The van der Waals surface area contributed by atoms with Crippen molar-refractivity contribution in [3.63, 3.8) is 0 Å². The summed E-state index contributed by atoms with van der Waals surface area (Å²) in [6.07, 6.45) is 0. The molecule has 0 amide bonds. The molecule has 1 heterocycles. The van der Waals surface area contributed by atoms with Gasteiger partial charge < -0.3 is 0 Å². The summed E-state index contributed by atoms with van der Waals surface area (Å²) >= 11 is 5.52. The molecule has 2 aromatic rings. The number of aromatic nitrogens is 2. The Kier molecular flexibility index (Phi) is 2.02. The van der Waals surface area contributed by atoms with Gasteiger partial charge in [-0.05, 0) is 23.7 Å². The van der Waals surface area contributed by atoms with E-state index in [4.69, 9.17) is 0 Å². The summed E-state index contributed by atoms with van der Waals surface area (Å²) in [5, 5.41) is 3.99. The van der Waals surface area contributed by atoms with Crippen molar-refractivity contribution in [1.29, 1.82) is 0 Å². The van der Waals surface area contributed by atoms with Gasteiger partial charge in [-0.15, -0.1) is 16.8 Å². The number of nitrogens with zero attached hydrogens (tertiary/aromatic N) is 2. The second-order valence-corrected chi connectivity index (χ2v) is 3.92. The molecule has 0 aliphatic heterocycles. The van der Waals surface area contributed by atoms with Crippen molar-refractivity contribution < 1.29 is 0 Å². The Hall–Kier alpha value is -0.260. The van der Waals surface area contributed by atoms with Crippen LogP contribution in [0.3, 0.4) is 0 Å². The van der Waals surface area contributed by atoms with Crippen LogP contribution in [0.2, 0.25) is 0 Å². The maximum atomic E-state index is 4.11. The molecule has 0 fully saturated rings. The lowest BCUT2D eigenvalue weighted by Gasteiger charge is -1.92. The summed E-state index contributed by atoms with van der Waals surface area (Å²) in [6.45, 7) is 0. The molecule has 0 aliphatic rings. The van der Waals surface area contributed by atoms with Crippen LogP contribution in [-0.4, -0.2) is 9.59 Å². The van der Waals surface area contributed by atoms with Gasteiger partial charge in [0.1, 0.15) is 5.52 Å². The first-order chi connectivity index (χ1) is 5.42. The van der Waals surface area contributed by atoms with Gasteiger partial charge in [-0.3, -0.25) is 0 Å². The van der Waals surface area contributed by atoms with Crippen molar-refractivity contribution >= 4 is 44.2 Å². The molecule has 0 bridgehead atoms. The molecule has 0 unspecified atom stereocenters. The lowest BCUT2D eigenvalue weighted by atomic mass is 10.3. The van der Waals surface area contributed by atoms with E-state index >= 15 is 0 Å². The first-order valence-electron chi connectivity index (χ1n) is 2.94. The summed E-state index contributed by atoms with van der Waals surface area (Å²) in [5.41, 5.74) is 0.956. The molecule has 0 N–H and O–H groups in total. The van der Waals surface area contributed by atoms with E-state index in [9.17, 15) is 0 Å². The quantitative estimate of drug-likeness (QED) is 0.566. The van der Waals surface area contributed by atoms with E-state index in [1.165, 1.54) is 22.3 Å². The van der Waals surface area contributed by atoms with Crippen molar-refractivity contribution in [2.45, 2.75) is 4.90 Å². The standard InChI is InChI=1S/C6H4N2S3/c9-11-5-3-1-2-4-6(5)7-8-10-4/h1-3,9H. The second kappa shape index (κ2) is 3.00. The lowest BCUT2D eigenvalue weighted by Crippen LogP contribution is -1.71. The average molecular weight is 200 g/mol.